The van der Waals surface area contributed by atoms with E-state index in [4.69, 9.17) is 28.4 Å². The van der Waals surface area contributed by atoms with Crippen molar-refractivity contribution in [3.8, 4) is 0 Å². The molecular formula is C96H167NO18. The molecule has 3 saturated heterocycles. The number of ether oxygens (including phenoxy) is 6. The molecular weight excluding hydrogens is 1460 g/mol. The number of aliphatic hydroxyl groups is 11. The van der Waals surface area contributed by atoms with Crippen LogP contribution in [-0.2, 0) is 33.2 Å². The smallest absolute Gasteiger partial charge is 0.220 e. The van der Waals surface area contributed by atoms with Crippen molar-refractivity contribution < 1.29 is 89.4 Å². The Morgan fingerprint density at radius 1 is 0.322 bits per heavy atom. The summed E-state index contributed by atoms with van der Waals surface area (Å²) in [7, 11) is 0. The number of rotatable bonds is 74. The number of amides is 1. The molecule has 3 rings (SSSR count). The maximum atomic E-state index is 13.5. The molecule has 3 heterocycles. The van der Waals surface area contributed by atoms with Gasteiger partial charge in [0.2, 0.25) is 5.91 Å². The van der Waals surface area contributed by atoms with E-state index in [9.17, 15) is 61.0 Å². The molecule has 0 aromatic carbocycles. The van der Waals surface area contributed by atoms with Crippen molar-refractivity contribution in [3.63, 3.8) is 0 Å². The second-order valence-corrected chi connectivity index (χ2v) is 32.4. The van der Waals surface area contributed by atoms with Crippen LogP contribution in [0.15, 0.2) is 122 Å². The summed E-state index contributed by atoms with van der Waals surface area (Å²) in [6.45, 7) is 1.64. The lowest BCUT2D eigenvalue weighted by atomic mass is 9.96. The Bertz CT molecular complexity index is 2550. The summed E-state index contributed by atoms with van der Waals surface area (Å²) < 4.78 is 34.5. The molecule has 0 saturated carbocycles. The number of hydrogen-bond acceptors (Lipinski definition) is 18. The molecule has 664 valence electrons. The van der Waals surface area contributed by atoms with E-state index in [-0.39, 0.29) is 18.9 Å². The molecule has 0 spiro atoms. The van der Waals surface area contributed by atoms with Crippen molar-refractivity contribution in [2.24, 2.45) is 0 Å². The zero-order valence-electron chi connectivity index (χ0n) is 71.7. The van der Waals surface area contributed by atoms with Gasteiger partial charge >= 0.3 is 0 Å². The monoisotopic (exact) mass is 1620 g/mol. The molecule has 3 aliphatic rings. The van der Waals surface area contributed by atoms with Crippen LogP contribution in [0.4, 0.5) is 0 Å². The van der Waals surface area contributed by atoms with E-state index in [1.54, 1.807) is 6.08 Å². The minimum Gasteiger partial charge on any atom is -0.394 e. The topological polar surface area (TPSA) is 307 Å². The van der Waals surface area contributed by atoms with Crippen LogP contribution in [0.5, 0.6) is 0 Å². The van der Waals surface area contributed by atoms with Crippen LogP contribution in [0.2, 0.25) is 0 Å². The first-order chi connectivity index (χ1) is 56.3. The normalized spacial score (nSPS) is 25.2. The fourth-order valence-electron chi connectivity index (χ4n) is 14.9. The summed E-state index contributed by atoms with van der Waals surface area (Å²) in [6.07, 6.45) is 79.2. The molecule has 0 aliphatic carbocycles. The second kappa shape index (κ2) is 74.1. The van der Waals surface area contributed by atoms with Crippen LogP contribution in [-0.4, -0.2) is 193 Å². The zero-order valence-corrected chi connectivity index (χ0v) is 71.7. The van der Waals surface area contributed by atoms with Crippen molar-refractivity contribution in [3.05, 3.63) is 122 Å². The van der Waals surface area contributed by atoms with Gasteiger partial charge in [0.05, 0.1) is 38.6 Å². The standard InChI is InChI=1S/C96H167NO18/c1-3-5-7-9-11-13-15-17-19-21-23-25-27-29-31-33-34-35-36-37-38-39-40-41-42-43-44-46-48-50-52-54-56-58-60-62-64-66-68-70-72-74-84(102)97-79(80(101)73-71-69-67-65-63-61-59-57-55-53-51-49-47-45-32-30-28-26-24-22-20-18-16-14-12-10-8-6-4-2)78-110-94-90(108)87(105)92(82(76-99)112-94)115-96-91(109)88(106)93(83(77-100)113-96)114-95-89(107)86(104)85(103)81(75-98)111-95/h5,7,11,13,17,19,23,25,29,31,34-35,37-38,40-41,63,65,71,73,79-83,85-96,98-101,103-109H,3-4,6,8-10,12,14-16,18,20-22,24,26-28,30,32-33,36,39,42-62,64,66-70,72,74-78H2,1-2H3,(H,97,102)/b7-5-,13-11-,19-17-,25-23-,31-29-,35-34-,38-37-,41-40-,65-63+,73-71+. The van der Waals surface area contributed by atoms with Crippen LogP contribution in [0, 0.1) is 0 Å². The highest BCUT2D eigenvalue weighted by atomic mass is 16.8. The van der Waals surface area contributed by atoms with Gasteiger partial charge in [-0.15, -0.1) is 0 Å². The third-order valence-corrected chi connectivity index (χ3v) is 22.2. The third kappa shape index (κ3) is 52.2. The lowest BCUT2D eigenvalue weighted by molar-refractivity contribution is -0.379. The number of allylic oxidation sites excluding steroid dienone is 19. The van der Waals surface area contributed by atoms with Gasteiger partial charge in [0.25, 0.3) is 0 Å². The molecule has 17 atom stereocenters. The van der Waals surface area contributed by atoms with Gasteiger partial charge in [-0.1, -0.05) is 367 Å². The fraction of sp³-hybridized carbons (Fsp3) is 0.781. The lowest BCUT2D eigenvalue weighted by Crippen LogP contribution is -2.66. The summed E-state index contributed by atoms with van der Waals surface area (Å²) >= 11 is 0. The summed E-state index contributed by atoms with van der Waals surface area (Å²) in [4.78, 5) is 13.5. The minimum atomic E-state index is -1.99. The van der Waals surface area contributed by atoms with Gasteiger partial charge in [0, 0.05) is 6.42 Å². The van der Waals surface area contributed by atoms with E-state index in [2.05, 4.69) is 129 Å². The summed E-state index contributed by atoms with van der Waals surface area (Å²) in [6, 6.07) is -0.998. The summed E-state index contributed by atoms with van der Waals surface area (Å²) in [5, 5.41) is 121. The predicted octanol–water partition coefficient (Wildman–Crippen LogP) is 18.2. The molecule has 12 N–H and O–H groups in total. The van der Waals surface area contributed by atoms with E-state index >= 15 is 0 Å². The first-order valence-corrected chi connectivity index (χ1v) is 46.3. The molecule has 0 aromatic rings. The highest BCUT2D eigenvalue weighted by Crippen LogP contribution is 2.34. The van der Waals surface area contributed by atoms with E-state index in [1.807, 2.05) is 6.08 Å². The number of nitrogens with one attached hydrogen (secondary N) is 1. The van der Waals surface area contributed by atoms with E-state index in [0.29, 0.717) is 12.8 Å². The van der Waals surface area contributed by atoms with Crippen molar-refractivity contribution >= 4 is 5.91 Å². The maximum Gasteiger partial charge on any atom is 0.220 e. The number of hydrogen-bond donors (Lipinski definition) is 12. The number of aliphatic hydroxyl groups excluding tert-OH is 11. The van der Waals surface area contributed by atoms with Crippen LogP contribution >= 0.6 is 0 Å². The average molecular weight is 1620 g/mol. The molecule has 115 heavy (non-hydrogen) atoms. The summed E-state index contributed by atoms with van der Waals surface area (Å²) in [5.41, 5.74) is 0. The van der Waals surface area contributed by atoms with Crippen LogP contribution in [0.1, 0.15) is 348 Å². The van der Waals surface area contributed by atoms with Crippen molar-refractivity contribution in [2.75, 3.05) is 26.4 Å². The Kier molecular flexibility index (Phi) is 67.9. The maximum absolute atomic E-state index is 13.5. The third-order valence-electron chi connectivity index (χ3n) is 22.2. The van der Waals surface area contributed by atoms with Gasteiger partial charge in [-0.05, 0) is 96.3 Å². The Morgan fingerprint density at radius 2 is 0.609 bits per heavy atom. The highest BCUT2D eigenvalue weighted by molar-refractivity contribution is 5.76. The second-order valence-electron chi connectivity index (χ2n) is 32.4. The molecule has 19 heteroatoms. The van der Waals surface area contributed by atoms with Gasteiger partial charge < -0.3 is 89.9 Å². The summed E-state index contributed by atoms with van der Waals surface area (Å²) in [5.74, 6) is -0.284. The fourth-order valence-corrected chi connectivity index (χ4v) is 14.9. The Labute approximate surface area is 697 Å². The van der Waals surface area contributed by atoms with E-state index in [0.717, 1.165) is 89.9 Å². The Morgan fingerprint density at radius 3 is 0.974 bits per heavy atom. The van der Waals surface area contributed by atoms with Gasteiger partial charge in [0.15, 0.2) is 18.9 Å². The lowest BCUT2D eigenvalue weighted by Gasteiger charge is -2.48. The van der Waals surface area contributed by atoms with Crippen molar-refractivity contribution in [2.45, 2.75) is 452 Å². The largest absolute Gasteiger partial charge is 0.394 e. The number of carbonyl (C=O) groups is 1. The quantitative estimate of drug-likeness (QED) is 0.0199. The number of carbonyl (C=O) groups excluding carboxylic acids is 1. The van der Waals surface area contributed by atoms with Gasteiger partial charge in [0.1, 0.15) is 73.2 Å². The molecule has 0 bridgehead atoms. The predicted molar refractivity (Wildman–Crippen MR) is 466 cm³/mol. The molecule has 0 radical (unpaired) electrons. The van der Waals surface area contributed by atoms with Gasteiger partial charge in [-0.25, -0.2) is 0 Å². The molecule has 19 nitrogen and oxygen atoms in total. The minimum absolute atomic E-state index is 0.231. The number of unbranched alkanes of at least 4 members (excludes halogenated alkanes) is 40. The van der Waals surface area contributed by atoms with Crippen molar-refractivity contribution in [1.82, 2.24) is 5.32 Å². The molecule has 17 unspecified atom stereocenters. The van der Waals surface area contributed by atoms with Crippen LogP contribution in [0.25, 0.3) is 0 Å². The Balaban J connectivity index is 1.32. The first-order valence-electron chi connectivity index (χ1n) is 46.3. The molecule has 0 aromatic heterocycles. The molecule has 3 aliphatic heterocycles. The van der Waals surface area contributed by atoms with Crippen molar-refractivity contribution in [1.29, 1.82) is 0 Å². The molecule has 3 fully saturated rings. The van der Waals surface area contributed by atoms with Gasteiger partial charge in [-0.2, -0.15) is 0 Å². The SMILES string of the molecule is CC/C=C\C/C=C\C/C=C\C/C=C\C/C=C\C/C=C\C/C=C\C/C=C\CCCCCCCCCCCCCCCCCCC(=O)NC(COC1OC(CO)C(OC2OC(CO)C(OC3OC(CO)C(O)C(O)C3O)C(O)C2O)C(O)C1O)C(O)/C=C/CC/C=C/CCCCCCCCCCCCCCCCCCCCCCCCC. The first kappa shape index (κ1) is 105. The van der Waals surface area contributed by atoms with E-state index < -0.39 is 124 Å². The van der Waals surface area contributed by atoms with Gasteiger partial charge in [-0.3, -0.25) is 4.79 Å². The zero-order chi connectivity index (χ0) is 83.1. The van der Waals surface area contributed by atoms with E-state index in [1.165, 1.54) is 225 Å². The van der Waals surface area contributed by atoms with Crippen LogP contribution < -0.4 is 5.32 Å². The van der Waals surface area contributed by atoms with Crippen LogP contribution in [0.3, 0.4) is 0 Å². The Hall–Kier alpha value is -3.81. The average Bonchev–Trinajstić information content (AvgIpc) is 0.778. The molecule has 1 amide bonds. The highest BCUT2D eigenvalue weighted by Gasteiger charge is 2.54.